The van der Waals surface area contributed by atoms with E-state index in [9.17, 15) is 9.18 Å². The molecule has 9 heteroatoms. The summed E-state index contributed by atoms with van der Waals surface area (Å²) in [6.07, 6.45) is 7.29. The fourth-order valence-corrected chi connectivity index (χ4v) is 3.06. The molecule has 148 valence electrons. The van der Waals surface area contributed by atoms with E-state index in [0.717, 1.165) is 6.20 Å². The molecule has 0 aliphatic carbocycles. The first kappa shape index (κ1) is 19.0. The Morgan fingerprint density at radius 2 is 1.93 bits per heavy atom. The van der Waals surface area contributed by atoms with Crippen LogP contribution < -0.4 is 5.32 Å². The second kappa shape index (κ2) is 8.80. The van der Waals surface area contributed by atoms with Gasteiger partial charge in [-0.25, -0.2) is 14.4 Å². The molecule has 4 rings (SSSR count). The van der Waals surface area contributed by atoms with Crippen molar-refractivity contribution in [3.63, 3.8) is 0 Å². The van der Waals surface area contributed by atoms with Gasteiger partial charge < -0.3 is 10.1 Å². The highest BCUT2D eigenvalue weighted by molar-refractivity contribution is 5.92. The van der Waals surface area contributed by atoms with Gasteiger partial charge in [0.2, 0.25) is 5.91 Å². The van der Waals surface area contributed by atoms with Gasteiger partial charge in [-0.15, -0.1) is 0 Å². The number of anilines is 1. The van der Waals surface area contributed by atoms with Crippen molar-refractivity contribution in [3.05, 3.63) is 55.0 Å². The lowest BCUT2D eigenvalue weighted by molar-refractivity contribution is -0.118. The zero-order chi connectivity index (χ0) is 20.1. The van der Waals surface area contributed by atoms with Gasteiger partial charge in [0.25, 0.3) is 0 Å². The molecule has 0 unspecified atom stereocenters. The Labute approximate surface area is 166 Å². The van der Waals surface area contributed by atoms with Crippen LogP contribution in [0.2, 0.25) is 0 Å². The Kier molecular flexibility index (Phi) is 5.78. The Morgan fingerprint density at radius 3 is 2.69 bits per heavy atom. The Bertz CT molecular complexity index is 995. The first-order valence-corrected chi connectivity index (χ1v) is 9.18. The summed E-state index contributed by atoms with van der Waals surface area (Å²) < 4.78 is 19.6. The van der Waals surface area contributed by atoms with E-state index < -0.39 is 5.82 Å². The quantitative estimate of drug-likeness (QED) is 0.708. The lowest BCUT2D eigenvalue weighted by Gasteiger charge is -2.25. The standard InChI is InChI=1S/C20H19FN6O2/c21-16-11-23-5-3-15(16)20-19(14-2-1-4-22-10-14)26-17(12-24-20)25-18(28)13-27-6-8-29-9-7-27/h1-5,10-12H,6-9,13H2,(H,25,26,28). The minimum atomic E-state index is -0.504. The lowest BCUT2D eigenvalue weighted by atomic mass is 10.1. The molecule has 1 saturated heterocycles. The monoisotopic (exact) mass is 394 g/mol. The molecule has 0 saturated carbocycles. The number of ether oxygens (including phenoxy) is 1. The van der Waals surface area contributed by atoms with Crippen molar-refractivity contribution in [2.45, 2.75) is 0 Å². The van der Waals surface area contributed by atoms with E-state index >= 15 is 0 Å². The minimum absolute atomic E-state index is 0.193. The van der Waals surface area contributed by atoms with Gasteiger partial charge in [-0.3, -0.25) is 19.7 Å². The van der Waals surface area contributed by atoms with Gasteiger partial charge >= 0.3 is 0 Å². The average Bonchev–Trinajstić information content (AvgIpc) is 2.75. The van der Waals surface area contributed by atoms with E-state index in [1.807, 2.05) is 4.90 Å². The third-order valence-corrected chi connectivity index (χ3v) is 4.47. The van der Waals surface area contributed by atoms with E-state index in [1.54, 1.807) is 24.5 Å². The highest BCUT2D eigenvalue weighted by Crippen LogP contribution is 2.30. The zero-order valence-corrected chi connectivity index (χ0v) is 15.6. The number of rotatable bonds is 5. The van der Waals surface area contributed by atoms with Crippen LogP contribution in [-0.4, -0.2) is 63.6 Å². The van der Waals surface area contributed by atoms with Crippen molar-refractivity contribution in [1.82, 2.24) is 24.8 Å². The van der Waals surface area contributed by atoms with E-state index in [2.05, 4.69) is 25.3 Å². The number of nitrogens with one attached hydrogen (secondary N) is 1. The molecule has 0 aromatic carbocycles. The van der Waals surface area contributed by atoms with Crippen LogP contribution in [0.15, 0.2) is 49.2 Å². The molecule has 29 heavy (non-hydrogen) atoms. The smallest absolute Gasteiger partial charge is 0.239 e. The van der Waals surface area contributed by atoms with Crippen LogP contribution in [0.5, 0.6) is 0 Å². The Morgan fingerprint density at radius 1 is 1.10 bits per heavy atom. The van der Waals surface area contributed by atoms with Crippen LogP contribution in [0, 0.1) is 5.82 Å². The summed E-state index contributed by atoms with van der Waals surface area (Å²) in [7, 11) is 0. The summed E-state index contributed by atoms with van der Waals surface area (Å²) in [4.78, 5) is 31.2. The van der Waals surface area contributed by atoms with Gasteiger partial charge in [0.05, 0.1) is 37.8 Å². The van der Waals surface area contributed by atoms with Crippen molar-refractivity contribution in [1.29, 1.82) is 0 Å². The molecule has 1 aliphatic heterocycles. The number of hydrogen-bond donors (Lipinski definition) is 1. The molecule has 1 fully saturated rings. The minimum Gasteiger partial charge on any atom is -0.379 e. The third kappa shape index (κ3) is 4.58. The molecule has 0 spiro atoms. The van der Waals surface area contributed by atoms with Crippen LogP contribution in [0.25, 0.3) is 22.5 Å². The van der Waals surface area contributed by atoms with Crippen LogP contribution in [0.1, 0.15) is 0 Å². The van der Waals surface area contributed by atoms with Gasteiger partial charge in [-0.1, -0.05) is 0 Å². The summed E-state index contributed by atoms with van der Waals surface area (Å²) in [5.41, 5.74) is 1.71. The van der Waals surface area contributed by atoms with Crippen LogP contribution in [-0.2, 0) is 9.53 Å². The highest BCUT2D eigenvalue weighted by atomic mass is 19.1. The SMILES string of the molecule is O=C(CN1CCOCC1)Nc1cnc(-c2ccncc2F)c(-c2cccnc2)n1. The van der Waals surface area contributed by atoms with E-state index in [-0.39, 0.29) is 18.0 Å². The van der Waals surface area contributed by atoms with Gasteiger partial charge in [-0.2, -0.15) is 0 Å². The number of carbonyl (C=O) groups is 1. The predicted octanol–water partition coefficient (Wildman–Crippen LogP) is 2.01. The van der Waals surface area contributed by atoms with E-state index in [1.165, 1.54) is 18.5 Å². The normalized spacial score (nSPS) is 14.5. The Hall–Kier alpha value is -3.30. The number of morpholine rings is 1. The molecule has 1 aliphatic rings. The number of amides is 1. The molecular weight excluding hydrogens is 375 g/mol. The maximum absolute atomic E-state index is 14.3. The molecule has 0 bridgehead atoms. The Balaban J connectivity index is 1.63. The summed E-state index contributed by atoms with van der Waals surface area (Å²) >= 11 is 0. The second-order valence-corrected chi connectivity index (χ2v) is 6.49. The highest BCUT2D eigenvalue weighted by Gasteiger charge is 2.18. The molecule has 1 N–H and O–H groups in total. The van der Waals surface area contributed by atoms with Gasteiger partial charge in [0.15, 0.2) is 11.6 Å². The fourth-order valence-electron chi connectivity index (χ4n) is 3.06. The lowest BCUT2D eigenvalue weighted by Crippen LogP contribution is -2.41. The molecule has 1 amide bonds. The number of nitrogens with zero attached hydrogens (tertiary/aromatic N) is 5. The van der Waals surface area contributed by atoms with Gasteiger partial charge in [-0.05, 0) is 18.2 Å². The summed E-state index contributed by atoms with van der Waals surface area (Å²) in [5.74, 6) is -0.405. The maximum Gasteiger partial charge on any atom is 0.239 e. The molecule has 4 heterocycles. The number of hydrogen-bond acceptors (Lipinski definition) is 7. The number of pyridine rings is 2. The zero-order valence-electron chi connectivity index (χ0n) is 15.6. The van der Waals surface area contributed by atoms with Gasteiger partial charge in [0.1, 0.15) is 5.69 Å². The first-order valence-electron chi connectivity index (χ1n) is 9.18. The molecule has 3 aromatic rings. The molecular formula is C20H19FN6O2. The van der Waals surface area contributed by atoms with E-state index in [4.69, 9.17) is 4.74 Å². The topological polar surface area (TPSA) is 93.1 Å². The van der Waals surface area contributed by atoms with Crippen molar-refractivity contribution >= 4 is 11.7 Å². The molecule has 3 aromatic heterocycles. The van der Waals surface area contributed by atoms with Crippen LogP contribution in [0.3, 0.4) is 0 Å². The molecule has 0 atom stereocenters. The van der Waals surface area contributed by atoms with Crippen molar-refractivity contribution < 1.29 is 13.9 Å². The fraction of sp³-hybridized carbons (Fsp3) is 0.250. The number of carbonyl (C=O) groups excluding carboxylic acids is 1. The van der Waals surface area contributed by atoms with Gasteiger partial charge in [0, 0.05) is 42.8 Å². The van der Waals surface area contributed by atoms with Crippen molar-refractivity contribution in [2.24, 2.45) is 0 Å². The maximum atomic E-state index is 14.3. The van der Waals surface area contributed by atoms with E-state index in [0.29, 0.717) is 49.1 Å². The number of aromatic nitrogens is 4. The van der Waals surface area contributed by atoms with Crippen LogP contribution >= 0.6 is 0 Å². The predicted molar refractivity (Wildman–Crippen MR) is 104 cm³/mol. The summed E-state index contributed by atoms with van der Waals surface area (Å²) in [5, 5.41) is 2.77. The largest absolute Gasteiger partial charge is 0.379 e. The second-order valence-electron chi connectivity index (χ2n) is 6.49. The van der Waals surface area contributed by atoms with Crippen LogP contribution in [0.4, 0.5) is 10.2 Å². The summed E-state index contributed by atoms with van der Waals surface area (Å²) in [6.45, 7) is 2.89. The number of halogens is 1. The molecule has 8 nitrogen and oxygen atoms in total. The third-order valence-electron chi connectivity index (χ3n) is 4.47. The van der Waals surface area contributed by atoms with Crippen molar-refractivity contribution in [2.75, 3.05) is 38.2 Å². The summed E-state index contributed by atoms with van der Waals surface area (Å²) in [6, 6.07) is 5.10. The average molecular weight is 394 g/mol. The first-order chi connectivity index (χ1) is 14.2. The van der Waals surface area contributed by atoms with Crippen molar-refractivity contribution in [3.8, 4) is 22.5 Å². The molecule has 0 radical (unpaired) electrons.